The molecule has 3 nitrogen and oxygen atoms in total. The maximum atomic E-state index is 11.9. The van der Waals surface area contributed by atoms with Gasteiger partial charge in [-0.05, 0) is 29.7 Å². The average molecular weight is 241 g/mol. The fourth-order valence-electron chi connectivity index (χ4n) is 2.93. The Kier molecular flexibility index (Phi) is 2.47. The van der Waals surface area contributed by atoms with Gasteiger partial charge in [-0.2, -0.15) is 0 Å². The van der Waals surface area contributed by atoms with E-state index in [9.17, 15) is 4.79 Å². The molecule has 18 heavy (non-hydrogen) atoms. The number of anilines is 1. The smallest absolute Gasteiger partial charge is 0.334 e. The van der Waals surface area contributed by atoms with E-state index in [-0.39, 0.29) is 11.9 Å². The van der Waals surface area contributed by atoms with Crippen LogP contribution in [0.2, 0.25) is 0 Å². The molecule has 2 bridgehead atoms. The molecule has 0 spiro atoms. The first kappa shape index (κ1) is 11.1. The summed E-state index contributed by atoms with van der Waals surface area (Å²) in [6.07, 6.45) is 5.28. The van der Waals surface area contributed by atoms with Crippen LogP contribution in [-0.4, -0.2) is 13.1 Å². The standard InChI is InChI=1S/C15H15NO2/c1-18-15(17)14-11-3-2-10(8-11)13(14)9-4-6-12(16)7-5-9/h2-7,10-11H,8,16H2,1H3. The van der Waals surface area contributed by atoms with E-state index >= 15 is 0 Å². The molecule has 3 heteroatoms. The topological polar surface area (TPSA) is 52.3 Å². The molecule has 0 saturated heterocycles. The SMILES string of the molecule is COC(=O)C1=C(c2ccc(N)cc2)C2C=CC1C2. The summed E-state index contributed by atoms with van der Waals surface area (Å²) in [7, 11) is 1.44. The molecular weight excluding hydrogens is 226 g/mol. The molecule has 2 unspecified atom stereocenters. The Morgan fingerprint density at radius 2 is 1.89 bits per heavy atom. The van der Waals surface area contributed by atoms with Crippen LogP contribution in [0.4, 0.5) is 5.69 Å². The van der Waals surface area contributed by atoms with Gasteiger partial charge in [0.25, 0.3) is 0 Å². The second-order valence-corrected chi connectivity index (χ2v) is 4.77. The fourth-order valence-corrected chi connectivity index (χ4v) is 2.93. The quantitative estimate of drug-likeness (QED) is 0.491. The monoisotopic (exact) mass is 241 g/mol. The van der Waals surface area contributed by atoms with Crippen molar-refractivity contribution < 1.29 is 9.53 Å². The van der Waals surface area contributed by atoms with Gasteiger partial charge in [-0.15, -0.1) is 0 Å². The van der Waals surface area contributed by atoms with Crippen molar-refractivity contribution in [1.29, 1.82) is 0 Å². The van der Waals surface area contributed by atoms with Gasteiger partial charge in [0.2, 0.25) is 0 Å². The molecule has 0 saturated carbocycles. The largest absolute Gasteiger partial charge is 0.466 e. The Hall–Kier alpha value is -2.03. The first-order valence-electron chi connectivity index (χ1n) is 6.07. The van der Waals surface area contributed by atoms with E-state index in [1.54, 1.807) is 0 Å². The van der Waals surface area contributed by atoms with Crippen molar-refractivity contribution in [3.63, 3.8) is 0 Å². The second kappa shape index (κ2) is 4.02. The number of rotatable bonds is 2. The van der Waals surface area contributed by atoms with Crippen LogP contribution in [0.3, 0.4) is 0 Å². The van der Waals surface area contributed by atoms with Crippen molar-refractivity contribution in [2.24, 2.45) is 11.8 Å². The number of nitrogen functional groups attached to an aromatic ring is 1. The zero-order valence-electron chi connectivity index (χ0n) is 10.2. The molecule has 0 aliphatic heterocycles. The fraction of sp³-hybridized carbons (Fsp3) is 0.267. The predicted molar refractivity (Wildman–Crippen MR) is 70.5 cm³/mol. The molecule has 0 fully saturated rings. The third-order valence-corrected chi connectivity index (χ3v) is 3.74. The highest BCUT2D eigenvalue weighted by Gasteiger charge is 2.39. The zero-order valence-corrected chi connectivity index (χ0v) is 10.2. The summed E-state index contributed by atoms with van der Waals surface area (Å²) in [5.74, 6) is 0.349. The van der Waals surface area contributed by atoms with Crippen LogP contribution < -0.4 is 5.73 Å². The van der Waals surface area contributed by atoms with Gasteiger partial charge in [0.1, 0.15) is 0 Å². The Labute approximate surface area is 106 Å². The van der Waals surface area contributed by atoms with Gasteiger partial charge in [-0.1, -0.05) is 24.3 Å². The number of carbonyl (C=O) groups excluding carboxylic acids is 1. The number of benzene rings is 1. The van der Waals surface area contributed by atoms with Gasteiger partial charge in [-0.25, -0.2) is 4.79 Å². The summed E-state index contributed by atoms with van der Waals surface area (Å²) in [6, 6.07) is 7.68. The van der Waals surface area contributed by atoms with Crippen molar-refractivity contribution in [1.82, 2.24) is 0 Å². The normalized spacial score (nSPS) is 24.7. The van der Waals surface area contributed by atoms with Gasteiger partial charge in [0.05, 0.1) is 7.11 Å². The number of hydrogen-bond acceptors (Lipinski definition) is 3. The minimum atomic E-state index is -0.210. The van der Waals surface area contributed by atoms with Gasteiger partial charge >= 0.3 is 5.97 Å². The van der Waals surface area contributed by atoms with Crippen LogP contribution in [0.25, 0.3) is 5.57 Å². The van der Waals surface area contributed by atoms with Crippen LogP contribution >= 0.6 is 0 Å². The Balaban J connectivity index is 2.09. The lowest BCUT2D eigenvalue weighted by Gasteiger charge is -2.15. The maximum absolute atomic E-state index is 11.9. The summed E-state index contributed by atoms with van der Waals surface area (Å²) in [5, 5.41) is 0. The summed E-state index contributed by atoms with van der Waals surface area (Å²) in [5.41, 5.74) is 9.43. The zero-order chi connectivity index (χ0) is 12.7. The lowest BCUT2D eigenvalue weighted by Crippen LogP contribution is -2.11. The van der Waals surface area contributed by atoms with E-state index in [1.807, 2.05) is 24.3 Å². The van der Waals surface area contributed by atoms with E-state index in [1.165, 1.54) is 7.11 Å². The molecule has 1 aromatic rings. The van der Waals surface area contributed by atoms with Crippen molar-refractivity contribution >= 4 is 17.2 Å². The van der Waals surface area contributed by atoms with Crippen LogP contribution in [0, 0.1) is 11.8 Å². The first-order chi connectivity index (χ1) is 8.70. The number of methoxy groups -OCH3 is 1. The molecule has 92 valence electrons. The molecule has 0 amide bonds. The van der Waals surface area contributed by atoms with Gasteiger partial charge in [0.15, 0.2) is 0 Å². The summed E-state index contributed by atoms with van der Waals surface area (Å²) >= 11 is 0. The Morgan fingerprint density at radius 3 is 2.56 bits per heavy atom. The van der Waals surface area contributed by atoms with Crippen molar-refractivity contribution in [2.75, 3.05) is 12.8 Å². The van der Waals surface area contributed by atoms with E-state index in [4.69, 9.17) is 10.5 Å². The highest BCUT2D eigenvalue weighted by molar-refractivity contribution is 6.01. The molecule has 2 atom stereocenters. The summed E-state index contributed by atoms with van der Waals surface area (Å²) in [4.78, 5) is 11.9. The molecule has 2 N–H and O–H groups in total. The molecule has 1 aromatic carbocycles. The van der Waals surface area contributed by atoms with Crippen LogP contribution in [0.15, 0.2) is 42.0 Å². The van der Waals surface area contributed by atoms with E-state index < -0.39 is 0 Å². The van der Waals surface area contributed by atoms with E-state index in [0.29, 0.717) is 5.92 Å². The minimum Gasteiger partial charge on any atom is -0.466 e. The highest BCUT2D eigenvalue weighted by atomic mass is 16.5. The molecule has 3 rings (SSSR count). The molecule has 0 aromatic heterocycles. The minimum absolute atomic E-state index is 0.210. The predicted octanol–water partition coefficient (Wildman–Crippen LogP) is 2.40. The highest BCUT2D eigenvalue weighted by Crippen LogP contribution is 2.48. The molecule has 2 aliphatic rings. The number of allylic oxidation sites excluding steroid dienone is 3. The van der Waals surface area contributed by atoms with Gasteiger partial charge in [0, 0.05) is 23.1 Å². The first-order valence-corrected chi connectivity index (χ1v) is 6.07. The lowest BCUT2D eigenvalue weighted by atomic mass is 9.91. The molecule has 0 radical (unpaired) electrons. The summed E-state index contributed by atoms with van der Waals surface area (Å²) in [6.45, 7) is 0. The molecular formula is C15H15NO2. The van der Waals surface area contributed by atoms with Gasteiger partial charge in [-0.3, -0.25) is 0 Å². The number of esters is 1. The Bertz CT molecular complexity index is 554. The molecule has 2 aliphatic carbocycles. The second-order valence-electron chi connectivity index (χ2n) is 4.77. The van der Waals surface area contributed by atoms with Crippen molar-refractivity contribution in [2.45, 2.75) is 6.42 Å². The van der Waals surface area contributed by atoms with E-state index in [2.05, 4.69) is 12.2 Å². The van der Waals surface area contributed by atoms with Crippen LogP contribution in [0.1, 0.15) is 12.0 Å². The number of nitrogens with two attached hydrogens (primary N) is 1. The number of fused-ring (bicyclic) bond motifs is 2. The van der Waals surface area contributed by atoms with Gasteiger partial charge < -0.3 is 10.5 Å². The van der Waals surface area contributed by atoms with Crippen LogP contribution in [0.5, 0.6) is 0 Å². The molecule has 0 heterocycles. The maximum Gasteiger partial charge on any atom is 0.334 e. The number of hydrogen-bond donors (Lipinski definition) is 1. The third kappa shape index (κ3) is 1.55. The lowest BCUT2D eigenvalue weighted by molar-refractivity contribution is -0.136. The van der Waals surface area contributed by atoms with Crippen molar-refractivity contribution in [3.8, 4) is 0 Å². The average Bonchev–Trinajstić information content (AvgIpc) is 2.99. The Morgan fingerprint density at radius 1 is 1.22 bits per heavy atom. The van der Waals surface area contributed by atoms with E-state index in [0.717, 1.165) is 28.8 Å². The van der Waals surface area contributed by atoms with Crippen molar-refractivity contribution in [3.05, 3.63) is 47.6 Å². The summed E-state index contributed by atoms with van der Waals surface area (Å²) < 4.78 is 4.91. The third-order valence-electron chi connectivity index (χ3n) is 3.74. The number of carbonyl (C=O) groups is 1. The van der Waals surface area contributed by atoms with Crippen LogP contribution in [-0.2, 0) is 9.53 Å². The number of ether oxygens (including phenoxy) is 1.